The van der Waals surface area contributed by atoms with Crippen molar-refractivity contribution in [3.63, 3.8) is 0 Å². The first-order valence-electron chi connectivity index (χ1n) is 6.06. The van der Waals surface area contributed by atoms with Crippen molar-refractivity contribution >= 4 is 17.4 Å². The molecule has 1 aromatic heterocycles. The second-order valence-corrected chi connectivity index (χ2v) is 4.25. The van der Waals surface area contributed by atoms with Crippen molar-refractivity contribution in [3.8, 4) is 11.5 Å². The van der Waals surface area contributed by atoms with Crippen molar-refractivity contribution in [1.82, 2.24) is 15.0 Å². The average molecular weight is 275 g/mol. The summed E-state index contributed by atoms with van der Waals surface area (Å²) in [7, 11) is 0. The maximum absolute atomic E-state index is 11.8. The Labute approximate surface area is 114 Å². The van der Waals surface area contributed by atoms with Crippen molar-refractivity contribution in [2.75, 3.05) is 24.3 Å². The summed E-state index contributed by atoms with van der Waals surface area (Å²) in [5.41, 5.74) is 6.06. The van der Waals surface area contributed by atoms with Crippen LogP contribution in [0.5, 0.6) is 11.5 Å². The molecule has 0 saturated heterocycles. The summed E-state index contributed by atoms with van der Waals surface area (Å²) in [5, 5.41) is 10.1. The topological polar surface area (TPSA) is 104 Å². The molecule has 0 atom stereocenters. The Morgan fingerprint density at radius 3 is 2.90 bits per heavy atom. The summed E-state index contributed by atoms with van der Waals surface area (Å²) in [6.45, 7) is 1.08. The minimum atomic E-state index is -0.230. The standard InChI is InChI=1S/C12H13N5O3/c13-11-6-17(16-15-11)7-12(18)14-8-1-2-9-10(5-8)20-4-3-19-9/h1-2,5-6H,3-4,7,13H2,(H,14,18). The SMILES string of the molecule is Nc1cn(CC(=O)Nc2ccc3c(c2)OCCO3)nn1. The highest BCUT2D eigenvalue weighted by Crippen LogP contribution is 2.32. The first-order chi connectivity index (χ1) is 9.70. The predicted molar refractivity (Wildman–Crippen MR) is 70.5 cm³/mol. The number of carbonyl (C=O) groups is 1. The van der Waals surface area contributed by atoms with E-state index in [4.69, 9.17) is 15.2 Å². The van der Waals surface area contributed by atoms with E-state index in [2.05, 4.69) is 15.6 Å². The molecule has 8 heteroatoms. The molecule has 0 bridgehead atoms. The molecule has 3 rings (SSSR count). The van der Waals surface area contributed by atoms with E-state index in [9.17, 15) is 4.79 Å². The molecule has 3 N–H and O–H groups in total. The number of ether oxygens (including phenoxy) is 2. The number of fused-ring (bicyclic) bond motifs is 1. The maximum atomic E-state index is 11.8. The first-order valence-corrected chi connectivity index (χ1v) is 6.06. The molecule has 0 spiro atoms. The summed E-state index contributed by atoms with van der Waals surface area (Å²) in [4.78, 5) is 11.8. The van der Waals surface area contributed by atoms with Crippen molar-refractivity contribution in [1.29, 1.82) is 0 Å². The molecule has 1 aliphatic heterocycles. The van der Waals surface area contributed by atoms with Crippen LogP contribution >= 0.6 is 0 Å². The quantitative estimate of drug-likeness (QED) is 0.833. The molecule has 8 nitrogen and oxygen atoms in total. The van der Waals surface area contributed by atoms with Gasteiger partial charge in [-0.05, 0) is 12.1 Å². The van der Waals surface area contributed by atoms with Crippen molar-refractivity contribution in [2.45, 2.75) is 6.54 Å². The fourth-order valence-electron chi connectivity index (χ4n) is 1.86. The van der Waals surface area contributed by atoms with Gasteiger partial charge in [0.25, 0.3) is 0 Å². The molecule has 1 amide bonds. The number of nitrogens with zero attached hydrogens (tertiary/aromatic N) is 3. The van der Waals surface area contributed by atoms with Gasteiger partial charge in [0.05, 0.1) is 6.20 Å². The highest BCUT2D eigenvalue weighted by molar-refractivity contribution is 5.90. The van der Waals surface area contributed by atoms with Gasteiger partial charge in [-0.25, -0.2) is 4.68 Å². The van der Waals surface area contributed by atoms with E-state index in [1.54, 1.807) is 18.2 Å². The zero-order chi connectivity index (χ0) is 13.9. The lowest BCUT2D eigenvalue weighted by Crippen LogP contribution is -2.20. The summed E-state index contributed by atoms with van der Waals surface area (Å²) < 4.78 is 12.2. The normalized spacial score (nSPS) is 13.0. The monoisotopic (exact) mass is 275 g/mol. The van der Waals surface area contributed by atoms with Crippen LogP contribution in [0.25, 0.3) is 0 Å². The highest BCUT2D eigenvalue weighted by Gasteiger charge is 2.13. The van der Waals surface area contributed by atoms with Crippen LogP contribution in [-0.2, 0) is 11.3 Å². The number of anilines is 2. The summed E-state index contributed by atoms with van der Waals surface area (Å²) in [6, 6.07) is 5.24. The molecular weight excluding hydrogens is 262 g/mol. The third-order valence-corrected chi connectivity index (χ3v) is 2.69. The van der Waals surface area contributed by atoms with Crippen molar-refractivity contribution < 1.29 is 14.3 Å². The Balaban J connectivity index is 1.66. The average Bonchev–Trinajstić information content (AvgIpc) is 2.83. The van der Waals surface area contributed by atoms with Gasteiger partial charge in [-0.1, -0.05) is 5.21 Å². The van der Waals surface area contributed by atoms with Gasteiger partial charge < -0.3 is 20.5 Å². The number of hydrogen-bond acceptors (Lipinski definition) is 6. The number of hydrogen-bond donors (Lipinski definition) is 2. The van der Waals surface area contributed by atoms with Crippen molar-refractivity contribution in [2.24, 2.45) is 0 Å². The summed E-state index contributed by atoms with van der Waals surface area (Å²) in [6.07, 6.45) is 1.49. The van der Waals surface area contributed by atoms with E-state index < -0.39 is 0 Å². The number of aromatic nitrogens is 3. The molecule has 0 unspecified atom stereocenters. The Kier molecular flexibility index (Phi) is 3.12. The van der Waals surface area contributed by atoms with Gasteiger partial charge in [-0.15, -0.1) is 5.10 Å². The Morgan fingerprint density at radius 1 is 1.35 bits per heavy atom. The highest BCUT2D eigenvalue weighted by atomic mass is 16.6. The number of rotatable bonds is 3. The predicted octanol–water partition coefficient (Wildman–Crippen LogP) is 0.270. The number of nitrogens with two attached hydrogens (primary N) is 1. The number of amides is 1. The van der Waals surface area contributed by atoms with Crippen molar-refractivity contribution in [3.05, 3.63) is 24.4 Å². The second-order valence-electron chi connectivity index (χ2n) is 4.25. The minimum Gasteiger partial charge on any atom is -0.486 e. The van der Waals surface area contributed by atoms with E-state index in [0.29, 0.717) is 30.4 Å². The van der Waals surface area contributed by atoms with Crippen LogP contribution in [0.4, 0.5) is 11.5 Å². The third-order valence-electron chi connectivity index (χ3n) is 2.69. The van der Waals surface area contributed by atoms with E-state index in [-0.39, 0.29) is 18.3 Å². The summed E-state index contributed by atoms with van der Waals surface area (Å²) in [5.74, 6) is 1.35. The number of nitrogen functional groups attached to an aromatic ring is 1. The Hall–Kier alpha value is -2.77. The molecule has 20 heavy (non-hydrogen) atoms. The molecule has 0 aliphatic carbocycles. The van der Waals surface area contributed by atoms with Gasteiger partial charge in [0, 0.05) is 11.8 Å². The van der Waals surface area contributed by atoms with E-state index >= 15 is 0 Å². The third kappa shape index (κ3) is 2.63. The zero-order valence-electron chi connectivity index (χ0n) is 10.6. The van der Waals surface area contributed by atoms with Crippen LogP contribution < -0.4 is 20.5 Å². The lowest BCUT2D eigenvalue weighted by atomic mass is 10.2. The number of nitrogens with one attached hydrogen (secondary N) is 1. The maximum Gasteiger partial charge on any atom is 0.246 e. The van der Waals surface area contributed by atoms with E-state index in [1.165, 1.54) is 10.9 Å². The van der Waals surface area contributed by atoms with E-state index in [1.807, 2.05) is 0 Å². The molecule has 0 fully saturated rings. The molecule has 2 heterocycles. The van der Waals surface area contributed by atoms with Crippen LogP contribution in [0.2, 0.25) is 0 Å². The van der Waals surface area contributed by atoms with Gasteiger partial charge >= 0.3 is 0 Å². The van der Waals surface area contributed by atoms with Crippen LogP contribution in [-0.4, -0.2) is 34.1 Å². The van der Waals surface area contributed by atoms with Gasteiger partial charge in [0.1, 0.15) is 19.8 Å². The van der Waals surface area contributed by atoms with E-state index in [0.717, 1.165) is 0 Å². The molecule has 1 aliphatic rings. The van der Waals surface area contributed by atoms with Crippen LogP contribution in [0, 0.1) is 0 Å². The molecule has 0 radical (unpaired) electrons. The van der Waals surface area contributed by atoms with Gasteiger partial charge in [0.15, 0.2) is 17.3 Å². The largest absolute Gasteiger partial charge is 0.486 e. The lowest BCUT2D eigenvalue weighted by Gasteiger charge is -2.18. The lowest BCUT2D eigenvalue weighted by molar-refractivity contribution is -0.116. The second kappa shape index (κ2) is 5.08. The molecule has 1 aromatic carbocycles. The number of benzene rings is 1. The smallest absolute Gasteiger partial charge is 0.246 e. The van der Waals surface area contributed by atoms with Gasteiger partial charge in [-0.3, -0.25) is 4.79 Å². The fourth-order valence-corrected chi connectivity index (χ4v) is 1.86. The molecular formula is C12H13N5O3. The molecule has 0 saturated carbocycles. The first kappa shape index (κ1) is 12.3. The van der Waals surface area contributed by atoms with Gasteiger partial charge in [0.2, 0.25) is 5.91 Å². The molecule has 104 valence electrons. The Bertz CT molecular complexity index is 640. The van der Waals surface area contributed by atoms with Crippen LogP contribution in [0.15, 0.2) is 24.4 Å². The minimum absolute atomic E-state index is 0.0403. The fraction of sp³-hybridized carbons (Fsp3) is 0.250. The Morgan fingerprint density at radius 2 is 2.15 bits per heavy atom. The van der Waals surface area contributed by atoms with Crippen LogP contribution in [0.3, 0.4) is 0 Å². The van der Waals surface area contributed by atoms with Gasteiger partial charge in [-0.2, -0.15) is 0 Å². The van der Waals surface area contributed by atoms with Crippen LogP contribution in [0.1, 0.15) is 0 Å². The zero-order valence-corrected chi connectivity index (χ0v) is 10.6. The summed E-state index contributed by atoms with van der Waals surface area (Å²) >= 11 is 0. The molecule has 2 aromatic rings. The number of carbonyl (C=O) groups excluding carboxylic acids is 1.